The number of carbonyl (C=O) groups excluding carboxylic acids is 1. The molecular formula is C32H52N6O. The molecule has 0 fully saturated rings. The minimum atomic E-state index is 0.500. The van der Waals surface area contributed by atoms with Gasteiger partial charge in [-0.3, -0.25) is 0 Å². The first kappa shape index (κ1) is 35.5. The molecule has 0 saturated carbocycles. The Balaban J connectivity index is 0.00000112. The first-order valence-corrected chi connectivity index (χ1v) is 13.6. The van der Waals surface area contributed by atoms with E-state index in [9.17, 15) is 0 Å². The fraction of sp³-hybridized carbons (Fsp3) is 0.469. The van der Waals surface area contributed by atoms with Gasteiger partial charge in [0.15, 0.2) is 0 Å². The van der Waals surface area contributed by atoms with Gasteiger partial charge in [0.2, 0.25) is 5.95 Å². The first-order chi connectivity index (χ1) is 18.4. The SMILES string of the molecule is C=O.CC(C)(C)C.CC(C)C.CNCCCNc1nc(Nc2cccc(C)c2)ncc1-c1ccc(NC)cc1. The van der Waals surface area contributed by atoms with E-state index in [0.29, 0.717) is 11.4 Å². The minimum Gasteiger partial charge on any atom is -0.388 e. The summed E-state index contributed by atoms with van der Waals surface area (Å²) in [4.78, 5) is 17.3. The molecule has 0 aliphatic rings. The van der Waals surface area contributed by atoms with Crippen LogP contribution in [0.4, 0.5) is 23.1 Å². The second-order valence-corrected chi connectivity index (χ2v) is 11.4. The van der Waals surface area contributed by atoms with Crippen LogP contribution in [0.1, 0.15) is 60.5 Å². The summed E-state index contributed by atoms with van der Waals surface area (Å²) in [6, 6.07) is 16.4. The number of hydrogen-bond donors (Lipinski definition) is 4. The maximum atomic E-state index is 8.00. The summed E-state index contributed by atoms with van der Waals surface area (Å²) in [6.07, 6.45) is 2.89. The Bertz CT molecular complexity index is 1040. The predicted octanol–water partition coefficient (Wildman–Crippen LogP) is 7.79. The summed E-state index contributed by atoms with van der Waals surface area (Å²) in [5, 5.41) is 13.1. The van der Waals surface area contributed by atoms with Gasteiger partial charge < -0.3 is 26.1 Å². The number of aromatic nitrogens is 2. The normalized spacial score (nSPS) is 10.1. The van der Waals surface area contributed by atoms with Gasteiger partial charge in [0.25, 0.3) is 0 Å². The van der Waals surface area contributed by atoms with Crippen LogP contribution < -0.4 is 21.3 Å². The Labute approximate surface area is 237 Å². The summed E-state index contributed by atoms with van der Waals surface area (Å²) >= 11 is 0. The van der Waals surface area contributed by atoms with Gasteiger partial charge in [-0.15, -0.1) is 0 Å². The third-order valence-corrected chi connectivity index (χ3v) is 4.44. The topological polar surface area (TPSA) is 91.0 Å². The molecule has 4 N–H and O–H groups in total. The third-order valence-electron chi connectivity index (χ3n) is 4.44. The number of nitrogens with one attached hydrogen (secondary N) is 4. The van der Waals surface area contributed by atoms with Crippen LogP contribution in [0.15, 0.2) is 54.7 Å². The molecule has 7 nitrogen and oxygen atoms in total. The largest absolute Gasteiger partial charge is 0.388 e. The fourth-order valence-corrected chi connectivity index (χ4v) is 2.93. The van der Waals surface area contributed by atoms with Crippen LogP contribution in [-0.4, -0.2) is 43.9 Å². The number of benzene rings is 2. The van der Waals surface area contributed by atoms with E-state index in [1.165, 1.54) is 5.56 Å². The average molecular weight is 537 g/mol. The summed E-state index contributed by atoms with van der Waals surface area (Å²) in [5.41, 5.74) is 5.81. The maximum absolute atomic E-state index is 8.00. The number of rotatable bonds is 9. The van der Waals surface area contributed by atoms with Crippen LogP contribution in [0, 0.1) is 18.3 Å². The van der Waals surface area contributed by atoms with Gasteiger partial charge in [-0.2, -0.15) is 4.98 Å². The summed E-state index contributed by atoms with van der Waals surface area (Å²) < 4.78 is 0. The van der Waals surface area contributed by atoms with Crippen molar-refractivity contribution in [3.05, 3.63) is 60.3 Å². The summed E-state index contributed by atoms with van der Waals surface area (Å²) in [5.74, 6) is 2.25. The van der Waals surface area contributed by atoms with E-state index in [1.54, 1.807) is 0 Å². The van der Waals surface area contributed by atoms with Gasteiger partial charge in [-0.1, -0.05) is 72.7 Å². The lowest BCUT2D eigenvalue weighted by atomic mass is 10.0. The van der Waals surface area contributed by atoms with Crippen LogP contribution in [0.3, 0.4) is 0 Å². The van der Waals surface area contributed by atoms with Crippen molar-refractivity contribution in [1.82, 2.24) is 15.3 Å². The van der Waals surface area contributed by atoms with E-state index in [1.807, 2.05) is 39.2 Å². The molecule has 0 atom stereocenters. The van der Waals surface area contributed by atoms with Crippen molar-refractivity contribution in [3.63, 3.8) is 0 Å². The van der Waals surface area contributed by atoms with Crippen LogP contribution in [-0.2, 0) is 4.79 Å². The molecule has 0 amide bonds. The van der Waals surface area contributed by atoms with Crippen molar-refractivity contribution in [1.29, 1.82) is 0 Å². The molecule has 0 saturated heterocycles. The first-order valence-electron chi connectivity index (χ1n) is 13.6. The zero-order chi connectivity index (χ0) is 29.8. The number of anilines is 4. The third kappa shape index (κ3) is 17.6. The Morgan fingerprint density at radius 1 is 0.897 bits per heavy atom. The standard InChI is InChI=1S/C22H28N6.C5H12.C4H10.CH2O/c1-16-6-4-7-19(14-16)27-22-26-15-20(17-8-10-18(24-3)11-9-17)21(28-22)25-13-5-12-23-2;1-5(2,3)4;1-4(2)3;1-2/h4,6-11,14-15,23-24H,5,12-13H2,1-3H3,(H2,25,26,27,28);1-4H3;4H,1-3H3;1H2. The molecule has 0 spiro atoms. The second kappa shape index (κ2) is 19.6. The number of nitrogens with zero attached hydrogens (tertiary/aromatic N) is 2. The van der Waals surface area contributed by atoms with Gasteiger partial charge in [-0.25, -0.2) is 4.98 Å². The molecule has 7 heteroatoms. The second-order valence-electron chi connectivity index (χ2n) is 11.4. The highest BCUT2D eigenvalue weighted by molar-refractivity contribution is 5.76. The van der Waals surface area contributed by atoms with E-state index in [-0.39, 0.29) is 0 Å². The van der Waals surface area contributed by atoms with Crippen molar-refractivity contribution < 1.29 is 4.79 Å². The van der Waals surface area contributed by atoms with Gasteiger partial charge in [0.1, 0.15) is 12.6 Å². The van der Waals surface area contributed by atoms with Gasteiger partial charge >= 0.3 is 0 Å². The highest BCUT2D eigenvalue weighted by Crippen LogP contribution is 2.28. The maximum Gasteiger partial charge on any atom is 0.229 e. The molecular weight excluding hydrogens is 484 g/mol. The number of hydrogen-bond acceptors (Lipinski definition) is 7. The average Bonchev–Trinajstić information content (AvgIpc) is 2.87. The van der Waals surface area contributed by atoms with E-state index in [4.69, 9.17) is 9.78 Å². The minimum absolute atomic E-state index is 0.500. The molecule has 0 unspecified atom stereocenters. The molecule has 0 bridgehead atoms. The number of carbonyl (C=O) groups is 1. The predicted molar refractivity (Wildman–Crippen MR) is 171 cm³/mol. The molecule has 1 heterocycles. The van der Waals surface area contributed by atoms with E-state index in [2.05, 4.69) is 118 Å². The molecule has 216 valence electrons. The van der Waals surface area contributed by atoms with Crippen molar-refractivity contribution in [2.75, 3.05) is 43.1 Å². The van der Waals surface area contributed by atoms with E-state index in [0.717, 1.165) is 53.7 Å². The zero-order valence-corrected chi connectivity index (χ0v) is 25.9. The van der Waals surface area contributed by atoms with Gasteiger partial charge in [0, 0.05) is 36.7 Å². The zero-order valence-electron chi connectivity index (χ0n) is 25.9. The highest BCUT2D eigenvalue weighted by atomic mass is 16.1. The Morgan fingerprint density at radius 2 is 1.49 bits per heavy atom. The van der Waals surface area contributed by atoms with Gasteiger partial charge in [-0.05, 0) is 73.7 Å². The molecule has 0 aliphatic carbocycles. The Morgan fingerprint density at radius 3 is 2.00 bits per heavy atom. The van der Waals surface area contributed by atoms with Crippen molar-refractivity contribution >= 4 is 29.9 Å². The quantitative estimate of drug-likeness (QED) is 0.207. The molecule has 3 rings (SSSR count). The lowest BCUT2D eigenvalue weighted by Crippen LogP contribution is -2.14. The van der Waals surface area contributed by atoms with Crippen molar-refractivity contribution in [2.45, 2.75) is 61.8 Å². The highest BCUT2D eigenvalue weighted by Gasteiger charge is 2.10. The van der Waals surface area contributed by atoms with Crippen LogP contribution in [0.2, 0.25) is 0 Å². The molecule has 2 aromatic carbocycles. The molecule has 3 aromatic rings. The van der Waals surface area contributed by atoms with Crippen molar-refractivity contribution in [2.24, 2.45) is 11.3 Å². The smallest absolute Gasteiger partial charge is 0.229 e. The summed E-state index contributed by atoms with van der Waals surface area (Å²) in [7, 11) is 3.88. The van der Waals surface area contributed by atoms with Crippen LogP contribution in [0.25, 0.3) is 11.1 Å². The van der Waals surface area contributed by atoms with Crippen molar-refractivity contribution in [3.8, 4) is 11.1 Å². The van der Waals surface area contributed by atoms with E-state index >= 15 is 0 Å². The lowest BCUT2D eigenvalue weighted by Gasteiger charge is -2.14. The lowest BCUT2D eigenvalue weighted by molar-refractivity contribution is -0.0980. The van der Waals surface area contributed by atoms with Crippen LogP contribution in [0.5, 0.6) is 0 Å². The molecule has 39 heavy (non-hydrogen) atoms. The number of aryl methyl sites for hydroxylation is 1. The molecule has 1 aromatic heterocycles. The van der Waals surface area contributed by atoms with Crippen LogP contribution >= 0.6 is 0 Å². The van der Waals surface area contributed by atoms with Gasteiger partial charge in [0.05, 0.1) is 0 Å². The monoisotopic (exact) mass is 536 g/mol. The fourth-order valence-electron chi connectivity index (χ4n) is 2.93. The van der Waals surface area contributed by atoms with E-state index < -0.39 is 0 Å². The molecule has 0 aliphatic heterocycles. The molecule has 0 radical (unpaired) electrons. The Hall–Kier alpha value is -3.45. The Kier molecular flexibility index (Phi) is 17.9. The summed E-state index contributed by atoms with van der Waals surface area (Å²) in [6.45, 7) is 21.1.